The second-order valence-electron chi connectivity index (χ2n) is 8.63. The average molecular weight is 316 g/mol. The number of rotatable bonds is 2. The molecule has 0 amide bonds. The monoisotopic (exact) mass is 316 g/mol. The van der Waals surface area contributed by atoms with Crippen LogP contribution in [0.4, 0.5) is 0 Å². The molecular formula is C20H28O3. The molecule has 1 aromatic carbocycles. The maximum absolute atomic E-state index is 13.0. The first-order valence-corrected chi connectivity index (χ1v) is 8.72. The van der Waals surface area contributed by atoms with E-state index in [-0.39, 0.29) is 22.7 Å². The van der Waals surface area contributed by atoms with Crippen molar-refractivity contribution in [1.82, 2.24) is 0 Å². The molecule has 0 aliphatic heterocycles. The summed E-state index contributed by atoms with van der Waals surface area (Å²) >= 11 is 0. The highest BCUT2D eigenvalue weighted by molar-refractivity contribution is 5.88. The summed E-state index contributed by atoms with van der Waals surface area (Å²) < 4.78 is 0. The van der Waals surface area contributed by atoms with Gasteiger partial charge in [-0.3, -0.25) is 4.79 Å². The van der Waals surface area contributed by atoms with Crippen molar-refractivity contribution >= 4 is 5.78 Å². The molecule has 126 valence electrons. The van der Waals surface area contributed by atoms with E-state index >= 15 is 0 Å². The predicted octanol–water partition coefficient (Wildman–Crippen LogP) is 4.87. The molecule has 2 atom stereocenters. The molecule has 1 fully saturated rings. The lowest BCUT2D eigenvalue weighted by Crippen LogP contribution is -2.52. The summed E-state index contributed by atoms with van der Waals surface area (Å²) in [4.78, 5) is 17.7. The van der Waals surface area contributed by atoms with Gasteiger partial charge in [0.15, 0.2) is 5.75 Å². The zero-order valence-electron chi connectivity index (χ0n) is 14.9. The molecule has 2 aliphatic rings. The number of Topliss-reactive ketones (excluding diaryl/α,β-unsaturated/α-hetero) is 1. The summed E-state index contributed by atoms with van der Waals surface area (Å²) in [5.41, 5.74) is 3.16. The van der Waals surface area contributed by atoms with Gasteiger partial charge in [0.25, 0.3) is 0 Å². The summed E-state index contributed by atoms with van der Waals surface area (Å²) in [6.45, 7) is 10.8. The van der Waals surface area contributed by atoms with Gasteiger partial charge in [-0.2, -0.15) is 0 Å². The zero-order chi connectivity index (χ0) is 17.0. The van der Waals surface area contributed by atoms with E-state index < -0.39 is 0 Å². The molecule has 23 heavy (non-hydrogen) atoms. The van der Waals surface area contributed by atoms with Crippen molar-refractivity contribution in [2.24, 2.45) is 11.3 Å². The van der Waals surface area contributed by atoms with E-state index in [9.17, 15) is 10.1 Å². The van der Waals surface area contributed by atoms with Crippen LogP contribution in [-0.4, -0.2) is 11.0 Å². The Morgan fingerprint density at radius 1 is 1.22 bits per heavy atom. The molecule has 0 unspecified atom stereocenters. The maximum atomic E-state index is 13.0. The van der Waals surface area contributed by atoms with E-state index in [2.05, 4.69) is 40.7 Å². The van der Waals surface area contributed by atoms with Crippen LogP contribution < -0.4 is 4.89 Å². The minimum Gasteiger partial charge on any atom is -0.340 e. The van der Waals surface area contributed by atoms with Gasteiger partial charge in [0.2, 0.25) is 0 Å². The summed E-state index contributed by atoms with van der Waals surface area (Å²) in [5, 5.41) is 9.34. The van der Waals surface area contributed by atoms with Crippen LogP contribution in [0.2, 0.25) is 0 Å². The third kappa shape index (κ3) is 2.40. The Labute approximate surface area is 139 Å². The van der Waals surface area contributed by atoms with Crippen LogP contribution in [0.15, 0.2) is 12.1 Å². The Balaban J connectivity index is 2.21. The molecule has 1 N–H and O–H groups in total. The number of hydrogen-bond acceptors (Lipinski definition) is 3. The van der Waals surface area contributed by atoms with E-state index in [1.807, 2.05) is 6.07 Å². The molecule has 1 aromatic rings. The highest BCUT2D eigenvalue weighted by atomic mass is 17.1. The van der Waals surface area contributed by atoms with Crippen molar-refractivity contribution in [1.29, 1.82) is 0 Å². The van der Waals surface area contributed by atoms with Crippen molar-refractivity contribution in [2.75, 3.05) is 0 Å². The van der Waals surface area contributed by atoms with Gasteiger partial charge in [0, 0.05) is 23.3 Å². The zero-order valence-corrected chi connectivity index (χ0v) is 14.9. The highest BCUT2D eigenvalue weighted by Crippen LogP contribution is 2.56. The first-order valence-electron chi connectivity index (χ1n) is 8.72. The predicted molar refractivity (Wildman–Crippen MR) is 91.0 cm³/mol. The first-order chi connectivity index (χ1) is 10.7. The van der Waals surface area contributed by atoms with Crippen molar-refractivity contribution < 1.29 is 14.9 Å². The molecule has 0 bridgehead atoms. The summed E-state index contributed by atoms with van der Waals surface area (Å²) in [5.74, 6) is 1.20. The van der Waals surface area contributed by atoms with Crippen LogP contribution in [0, 0.1) is 11.3 Å². The topological polar surface area (TPSA) is 46.5 Å². The molecule has 1 saturated carbocycles. The largest absolute Gasteiger partial charge is 0.340 e. The summed E-state index contributed by atoms with van der Waals surface area (Å²) in [6, 6.07) is 4.07. The molecule has 2 aliphatic carbocycles. The Morgan fingerprint density at radius 2 is 1.91 bits per heavy atom. The van der Waals surface area contributed by atoms with Gasteiger partial charge in [-0.05, 0) is 41.4 Å². The standard InChI is InChI=1S/C20H28O3/c1-12(2)14-9-13-10-16(21)18-19(3,4)7-6-8-20(18,5)15(13)11-17(14)23-22/h9,11-12,18,22H,6-8,10H2,1-5H3/t18-,20+/m0/s1. The van der Waals surface area contributed by atoms with Crippen LogP contribution >= 0.6 is 0 Å². The van der Waals surface area contributed by atoms with Gasteiger partial charge in [-0.25, -0.2) is 5.26 Å². The minimum absolute atomic E-state index is 0.0265. The number of carbonyl (C=O) groups is 1. The van der Waals surface area contributed by atoms with Crippen LogP contribution in [-0.2, 0) is 16.6 Å². The van der Waals surface area contributed by atoms with Gasteiger partial charge in [0.1, 0.15) is 5.78 Å². The van der Waals surface area contributed by atoms with Crippen LogP contribution in [0.1, 0.15) is 76.5 Å². The molecule has 3 heteroatoms. The van der Waals surface area contributed by atoms with E-state index in [1.54, 1.807) is 0 Å². The van der Waals surface area contributed by atoms with Crippen LogP contribution in [0.25, 0.3) is 0 Å². The van der Waals surface area contributed by atoms with E-state index in [0.717, 1.165) is 30.4 Å². The third-order valence-electron chi connectivity index (χ3n) is 6.19. The smallest absolute Gasteiger partial charge is 0.168 e. The van der Waals surface area contributed by atoms with Crippen LogP contribution in [0.5, 0.6) is 5.75 Å². The van der Waals surface area contributed by atoms with E-state index in [4.69, 9.17) is 4.89 Å². The van der Waals surface area contributed by atoms with Gasteiger partial charge >= 0.3 is 0 Å². The normalized spacial score (nSPS) is 29.2. The molecular weight excluding hydrogens is 288 g/mol. The fourth-order valence-corrected chi connectivity index (χ4v) is 5.29. The fourth-order valence-electron chi connectivity index (χ4n) is 5.29. The quantitative estimate of drug-likeness (QED) is 0.625. The Kier molecular flexibility index (Phi) is 3.83. The lowest BCUT2D eigenvalue weighted by Gasteiger charge is -2.53. The van der Waals surface area contributed by atoms with Crippen molar-refractivity contribution in [2.45, 2.75) is 71.6 Å². The summed E-state index contributed by atoms with van der Waals surface area (Å²) in [7, 11) is 0. The fraction of sp³-hybridized carbons (Fsp3) is 0.650. The van der Waals surface area contributed by atoms with Crippen LogP contribution in [0.3, 0.4) is 0 Å². The molecule has 0 spiro atoms. The Hall–Kier alpha value is -1.35. The van der Waals surface area contributed by atoms with Gasteiger partial charge in [0.05, 0.1) is 0 Å². The van der Waals surface area contributed by atoms with E-state index in [1.165, 1.54) is 5.56 Å². The molecule has 3 nitrogen and oxygen atoms in total. The SMILES string of the molecule is CC(C)c1cc2c(cc1OO)[C@@]1(C)CCCC(C)(C)[C@@H]1C(=O)C2. The number of carbonyl (C=O) groups excluding carboxylic acids is 1. The Bertz CT molecular complexity index is 645. The number of fused-ring (bicyclic) bond motifs is 3. The van der Waals surface area contributed by atoms with Gasteiger partial charge in [-0.15, -0.1) is 0 Å². The van der Waals surface area contributed by atoms with Gasteiger partial charge in [-0.1, -0.05) is 47.1 Å². The van der Waals surface area contributed by atoms with E-state index in [0.29, 0.717) is 18.0 Å². The number of ketones is 1. The summed E-state index contributed by atoms with van der Waals surface area (Å²) in [6.07, 6.45) is 3.76. The molecule has 0 heterocycles. The van der Waals surface area contributed by atoms with Crippen molar-refractivity contribution in [3.05, 3.63) is 28.8 Å². The molecule has 0 saturated heterocycles. The van der Waals surface area contributed by atoms with Gasteiger partial charge < -0.3 is 4.89 Å². The second kappa shape index (κ2) is 5.34. The average Bonchev–Trinajstić information content (AvgIpc) is 2.44. The second-order valence-corrected chi connectivity index (χ2v) is 8.63. The molecule has 0 radical (unpaired) electrons. The lowest BCUT2D eigenvalue weighted by molar-refractivity contribution is -0.139. The first kappa shape index (κ1) is 16.5. The molecule has 3 rings (SSSR count). The third-order valence-corrected chi connectivity index (χ3v) is 6.19. The number of hydrogen-bond donors (Lipinski definition) is 1. The highest BCUT2D eigenvalue weighted by Gasteiger charge is 2.54. The lowest BCUT2D eigenvalue weighted by atomic mass is 9.50. The van der Waals surface area contributed by atoms with Crippen molar-refractivity contribution in [3.8, 4) is 5.75 Å². The van der Waals surface area contributed by atoms with Crippen molar-refractivity contribution in [3.63, 3.8) is 0 Å². The molecule has 0 aromatic heterocycles. The number of benzene rings is 1. The minimum atomic E-state index is -0.158. The Morgan fingerprint density at radius 3 is 2.52 bits per heavy atom. The maximum Gasteiger partial charge on any atom is 0.168 e.